The van der Waals surface area contributed by atoms with Gasteiger partial charge in [0.25, 0.3) is 0 Å². The van der Waals surface area contributed by atoms with Crippen LogP contribution in [0.15, 0.2) is 24.3 Å². The molecule has 0 saturated carbocycles. The van der Waals surface area contributed by atoms with Gasteiger partial charge >= 0.3 is 5.97 Å². The first-order valence-corrected chi connectivity index (χ1v) is 7.29. The molecule has 0 aliphatic carbocycles. The van der Waals surface area contributed by atoms with Crippen LogP contribution in [0.25, 0.3) is 4.85 Å². The molecule has 5 nitrogen and oxygen atoms in total. The van der Waals surface area contributed by atoms with E-state index >= 15 is 0 Å². The Labute approximate surface area is 131 Å². The zero-order valence-corrected chi connectivity index (χ0v) is 12.8. The Bertz CT molecular complexity index is 516. The fourth-order valence-electron chi connectivity index (χ4n) is 1.88. The van der Waals surface area contributed by atoms with Gasteiger partial charge in [-0.05, 0) is 30.5 Å². The maximum atomic E-state index is 11.8. The van der Waals surface area contributed by atoms with Crippen LogP contribution in [0.5, 0.6) is 5.75 Å². The number of methoxy groups -OCH3 is 1. The highest BCUT2D eigenvalue weighted by Gasteiger charge is 2.06. The van der Waals surface area contributed by atoms with E-state index < -0.39 is 0 Å². The van der Waals surface area contributed by atoms with Gasteiger partial charge in [-0.1, -0.05) is 12.1 Å². The summed E-state index contributed by atoms with van der Waals surface area (Å²) in [4.78, 5) is 26.0. The van der Waals surface area contributed by atoms with Crippen LogP contribution >= 0.6 is 0 Å². The molecule has 1 rings (SSSR count). The summed E-state index contributed by atoms with van der Waals surface area (Å²) < 4.78 is 10.0. The summed E-state index contributed by atoms with van der Waals surface area (Å²) in [5.41, 5.74) is 1.10. The lowest BCUT2D eigenvalue weighted by atomic mass is 10.1. The normalized spacial score (nSPS) is 9.82. The van der Waals surface area contributed by atoms with E-state index in [1.54, 1.807) is 7.11 Å². The highest BCUT2D eigenvalue weighted by atomic mass is 16.5. The summed E-state index contributed by atoms with van der Waals surface area (Å²) in [5.74, 6) is 0.588. The van der Waals surface area contributed by atoms with Gasteiger partial charge in [0, 0.05) is 12.8 Å². The Hall–Kier alpha value is -2.35. The number of rotatable bonds is 10. The maximum Gasteiger partial charge on any atom is 0.313 e. The second-order valence-electron chi connectivity index (χ2n) is 4.84. The van der Waals surface area contributed by atoms with E-state index in [9.17, 15) is 9.59 Å². The first-order chi connectivity index (χ1) is 10.7. The van der Waals surface area contributed by atoms with E-state index in [0.717, 1.165) is 11.3 Å². The zero-order valence-electron chi connectivity index (χ0n) is 12.8. The topological polar surface area (TPSA) is 57.0 Å². The number of benzene rings is 1. The number of aryl methyl sites for hydroxylation is 1. The molecule has 22 heavy (non-hydrogen) atoms. The van der Waals surface area contributed by atoms with Crippen molar-refractivity contribution in [1.29, 1.82) is 0 Å². The molecule has 0 unspecified atom stereocenters. The number of carbonyl (C=O) groups excluding carboxylic acids is 2. The van der Waals surface area contributed by atoms with Crippen molar-refractivity contribution < 1.29 is 19.1 Å². The molecule has 0 N–H and O–H groups in total. The van der Waals surface area contributed by atoms with E-state index in [4.69, 9.17) is 16.0 Å². The van der Waals surface area contributed by atoms with Crippen molar-refractivity contribution in [3.63, 3.8) is 0 Å². The van der Waals surface area contributed by atoms with Crippen molar-refractivity contribution in [2.45, 2.75) is 32.1 Å². The van der Waals surface area contributed by atoms with E-state index in [1.165, 1.54) is 0 Å². The van der Waals surface area contributed by atoms with Crippen LogP contribution in [0.3, 0.4) is 0 Å². The van der Waals surface area contributed by atoms with Crippen LogP contribution < -0.4 is 4.74 Å². The average molecular weight is 303 g/mol. The van der Waals surface area contributed by atoms with Crippen molar-refractivity contribution in [2.75, 3.05) is 20.3 Å². The zero-order chi connectivity index (χ0) is 16.2. The summed E-state index contributed by atoms with van der Waals surface area (Å²) >= 11 is 0. The number of carbonyl (C=O) groups is 2. The molecular weight excluding hydrogens is 282 g/mol. The number of hydrogen-bond acceptors (Lipinski definition) is 4. The molecule has 0 amide bonds. The quantitative estimate of drug-likeness (QED) is 0.379. The van der Waals surface area contributed by atoms with Gasteiger partial charge < -0.3 is 14.3 Å². The highest BCUT2D eigenvalue weighted by Crippen LogP contribution is 2.13. The minimum Gasteiger partial charge on any atom is -0.497 e. The third-order valence-corrected chi connectivity index (χ3v) is 3.14. The van der Waals surface area contributed by atoms with Gasteiger partial charge in [-0.2, -0.15) is 0 Å². The lowest BCUT2D eigenvalue weighted by Crippen LogP contribution is -2.08. The van der Waals surface area contributed by atoms with Crippen molar-refractivity contribution in [3.05, 3.63) is 41.2 Å². The largest absolute Gasteiger partial charge is 0.497 e. The molecule has 1 aromatic carbocycles. The molecule has 0 heterocycles. The molecule has 0 spiro atoms. The molecule has 1 aromatic rings. The molecule has 0 aromatic heterocycles. The van der Waals surface area contributed by atoms with Crippen molar-refractivity contribution in [2.24, 2.45) is 0 Å². The smallest absolute Gasteiger partial charge is 0.313 e. The van der Waals surface area contributed by atoms with E-state index in [-0.39, 0.29) is 31.3 Å². The van der Waals surface area contributed by atoms with E-state index in [2.05, 4.69) is 4.85 Å². The molecule has 0 bridgehead atoms. The number of hydrogen-bond donors (Lipinski definition) is 0. The predicted octanol–water partition coefficient (Wildman–Crippen LogP) is 2.83. The monoisotopic (exact) mass is 303 g/mol. The van der Waals surface area contributed by atoms with Crippen molar-refractivity contribution in [3.8, 4) is 5.75 Å². The van der Waals surface area contributed by atoms with Crippen molar-refractivity contribution >= 4 is 11.8 Å². The van der Waals surface area contributed by atoms with Crippen LogP contribution in [-0.2, 0) is 20.7 Å². The Morgan fingerprint density at radius 2 is 1.86 bits per heavy atom. The summed E-state index contributed by atoms with van der Waals surface area (Å²) in [7, 11) is 1.62. The molecule has 0 saturated heterocycles. The van der Waals surface area contributed by atoms with Crippen LogP contribution in [-0.4, -0.2) is 32.0 Å². The SMILES string of the molecule is [C-]#[N+]CCC(=O)OCCCC(=O)CCc1ccc(OC)cc1. The summed E-state index contributed by atoms with van der Waals surface area (Å²) in [6.45, 7) is 6.96. The van der Waals surface area contributed by atoms with Gasteiger partial charge in [0.05, 0.1) is 13.7 Å². The van der Waals surface area contributed by atoms with Gasteiger partial charge in [-0.25, -0.2) is 6.57 Å². The second-order valence-corrected chi connectivity index (χ2v) is 4.84. The fraction of sp³-hybridized carbons (Fsp3) is 0.471. The predicted molar refractivity (Wildman–Crippen MR) is 82.6 cm³/mol. The molecule has 5 heteroatoms. The van der Waals surface area contributed by atoms with Gasteiger partial charge in [0.15, 0.2) is 0 Å². The Morgan fingerprint density at radius 1 is 1.14 bits per heavy atom. The Balaban J connectivity index is 2.13. The fourth-order valence-corrected chi connectivity index (χ4v) is 1.88. The van der Waals surface area contributed by atoms with Gasteiger partial charge in [-0.15, -0.1) is 0 Å². The van der Waals surface area contributed by atoms with Gasteiger partial charge in [0.2, 0.25) is 6.54 Å². The van der Waals surface area contributed by atoms with Gasteiger partial charge in [-0.3, -0.25) is 9.59 Å². The van der Waals surface area contributed by atoms with Crippen LogP contribution in [0.1, 0.15) is 31.2 Å². The molecular formula is C17H21NO4. The molecule has 0 fully saturated rings. The first-order valence-electron chi connectivity index (χ1n) is 7.29. The molecule has 0 atom stereocenters. The minimum atomic E-state index is -0.373. The third kappa shape index (κ3) is 7.44. The molecule has 118 valence electrons. The molecule has 0 aliphatic rings. The average Bonchev–Trinajstić information content (AvgIpc) is 2.55. The van der Waals surface area contributed by atoms with Crippen LogP contribution in [0.2, 0.25) is 0 Å². The summed E-state index contributed by atoms with van der Waals surface area (Å²) in [5, 5.41) is 0. The lowest BCUT2D eigenvalue weighted by molar-refractivity contribution is -0.143. The first kappa shape index (κ1) is 17.7. The van der Waals surface area contributed by atoms with Gasteiger partial charge in [0.1, 0.15) is 18.0 Å². The number of Topliss-reactive ketones (excluding diaryl/α,β-unsaturated/α-hetero) is 1. The van der Waals surface area contributed by atoms with Crippen molar-refractivity contribution in [1.82, 2.24) is 0 Å². The standard InChI is InChI=1S/C17H21NO4/c1-18-12-11-17(20)22-13-3-4-15(19)8-5-14-6-9-16(21-2)10-7-14/h6-7,9-10H,3-5,8,11-13H2,2H3. The highest BCUT2D eigenvalue weighted by molar-refractivity contribution is 5.78. The molecule has 0 aliphatic heterocycles. The number of esters is 1. The van der Waals surface area contributed by atoms with Crippen LogP contribution in [0, 0.1) is 6.57 Å². The lowest BCUT2D eigenvalue weighted by Gasteiger charge is -2.04. The minimum absolute atomic E-state index is 0.120. The number of nitrogens with zero attached hydrogens (tertiary/aromatic N) is 1. The maximum absolute atomic E-state index is 11.8. The Morgan fingerprint density at radius 3 is 2.50 bits per heavy atom. The number of ether oxygens (including phenoxy) is 2. The third-order valence-electron chi connectivity index (χ3n) is 3.14. The Kier molecular flexibility index (Phi) is 8.36. The number of ketones is 1. The van der Waals surface area contributed by atoms with E-state index in [1.807, 2.05) is 24.3 Å². The molecule has 0 radical (unpaired) electrons. The van der Waals surface area contributed by atoms with Crippen LogP contribution in [0.4, 0.5) is 0 Å². The summed E-state index contributed by atoms with van der Waals surface area (Å²) in [6, 6.07) is 7.65. The summed E-state index contributed by atoms with van der Waals surface area (Å²) in [6.07, 6.45) is 2.25. The second kappa shape index (κ2) is 10.4. The van der Waals surface area contributed by atoms with E-state index in [0.29, 0.717) is 25.7 Å².